The molecule has 3 aromatic rings. The topological polar surface area (TPSA) is 3.24 Å². The van der Waals surface area contributed by atoms with Gasteiger partial charge in [-0.05, 0) is 99.5 Å². The molecule has 0 aromatic heterocycles. The summed E-state index contributed by atoms with van der Waals surface area (Å²) in [5, 5.41) is 0. The Bertz CT molecular complexity index is 1020. The number of aryl methyl sites for hydroxylation is 7. The van der Waals surface area contributed by atoms with Crippen LogP contribution in [0.4, 0.5) is 5.69 Å². The molecule has 0 radical (unpaired) electrons. The average molecular weight is 502 g/mol. The first-order valence-corrected chi connectivity index (χ1v) is 16.3. The number of anilines is 1. The minimum Gasteiger partial charge on any atom is -0.237 e. The Morgan fingerprint density at radius 2 is 0.839 bits per heavy atom. The van der Waals surface area contributed by atoms with Gasteiger partial charge in [0.1, 0.15) is 0 Å². The van der Waals surface area contributed by atoms with E-state index >= 15 is 0 Å². The van der Waals surface area contributed by atoms with Crippen molar-refractivity contribution in [1.82, 2.24) is 0 Å². The predicted molar refractivity (Wildman–Crippen MR) is 151 cm³/mol. The molecule has 0 unspecified atom stereocenters. The van der Waals surface area contributed by atoms with E-state index in [4.69, 9.17) is 0 Å². The van der Waals surface area contributed by atoms with Crippen molar-refractivity contribution in [3.63, 3.8) is 0 Å². The molecular weight excluding hydrogens is 475 g/mol. The Labute approximate surface area is 205 Å². The van der Waals surface area contributed by atoms with Crippen molar-refractivity contribution >= 4 is 57.1 Å². The van der Waals surface area contributed by atoms with Crippen molar-refractivity contribution in [3.05, 3.63) is 75.3 Å². The number of rotatable bonds is 3. The highest BCUT2D eigenvalue weighted by molar-refractivity contribution is 9.39. The molecule has 1 aliphatic rings. The third-order valence-electron chi connectivity index (χ3n) is 5.58. The van der Waals surface area contributed by atoms with Gasteiger partial charge >= 0.3 is 0 Å². The summed E-state index contributed by atoms with van der Waals surface area (Å²) in [6.07, 6.45) is 0. The third-order valence-corrected chi connectivity index (χ3v) is 14.2. The molecule has 0 saturated carbocycles. The standard InChI is InChI=1S/C25H27NS5/c1-14-8-17(4)23(18(5)9-14)21-12-16(3)13-22(25(21)26-27-29-31-30-28-26)24-19(6)10-15(2)11-20(24)7/h8-13H,1-7H3. The first-order chi connectivity index (χ1) is 14.8. The molecule has 1 nitrogen and oxygen atoms in total. The molecule has 0 aliphatic carbocycles. The molecule has 162 valence electrons. The lowest BCUT2D eigenvalue weighted by atomic mass is 9.86. The molecule has 0 spiro atoms. The van der Waals surface area contributed by atoms with Crippen molar-refractivity contribution in [2.75, 3.05) is 3.71 Å². The summed E-state index contributed by atoms with van der Waals surface area (Å²) < 4.78 is 2.41. The highest BCUT2D eigenvalue weighted by Gasteiger charge is 2.26. The maximum Gasteiger partial charge on any atom is 0.0769 e. The lowest BCUT2D eigenvalue weighted by Crippen LogP contribution is -2.08. The number of hydrogen-bond acceptors (Lipinski definition) is 6. The van der Waals surface area contributed by atoms with Crippen LogP contribution in [-0.2, 0) is 0 Å². The molecular formula is C25H27NS5. The predicted octanol–water partition coefficient (Wildman–Crippen LogP) is 10.2. The molecule has 0 amide bonds. The largest absolute Gasteiger partial charge is 0.237 e. The second-order valence-electron chi connectivity index (χ2n) is 8.37. The van der Waals surface area contributed by atoms with Gasteiger partial charge in [0.2, 0.25) is 0 Å². The van der Waals surface area contributed by atoms with E-state index < -0.39 is 0 Å². The molecule has 6 heteroatoms. The van der Waals surface area contributed by atoms with Crippen molar-refractivity contribution in [1.29, 1.82) is 0 Å². The minimum atomic E-state index is 1.30. The Hall–Kier alpha value is -0.790. The van der Waals surface area contributed by atoms with Gasteiger partial charge < -0.3 is 0 Å². The second-order valence-corrected chi connectivity index (χ2v) is 15.8. The average Bonchev–Trinajstić information content (AvgIpc) is 2.67. The Balaban J connectivity index is 2.08. The van der Waals surface area contributed by atoms with Crippen LogP contribution in [0, 0.1) is 48.5 Å². The normalized spacial score (nSPS) is 14.2. The maximum absolute atomic E-state index is 2.41. The van der Waals surface area contributed by atoms with Crippen molar-refractivity contribution < 1.29 is 0 Å². The molecule has 1 heterocycles. The smallest absolute Gasteiger partial charge is 0.0769 e. The van der Waals surface area contributed by atoms with Gasteiger partial charge in [-0.3, -0.25) is 0 Å². The second kappa shape index (κ2) is 9.60. The van der Waals surface area contributed by atoms with E-state index in [0.717, 1.165) is 0 Å². The fraction of sp³-hybridized carbons (Fsp3) is 0.280. The zero-order valence-electron chi connectivity index (χ0n) is 19.0. The SMILES string of the molecule is Cc1cc(C)c(-c2cc(C)cc(-c3c(C)cc(C)cc3C)c2N2SSSSS2)c(C)c1. The first kappa shape index (κ1) is 23.4. The maximum atomic E-state index is 2.41. The van der Waals surface area contributed by atoms with E-state index in [1.54, 1.807) is 0 Å². The van der Waals surface area contributed by atoms with Gasteiger partial charge in [-0.1, -0.05) is 35.4 Å². The molecule has 0 N–H and O–H groups in total. The molecule has 1 aliphatic heterocycles. The summed E-state index contributed by atoms with van der Waals surface area (Å²) in [6, 6.07) is 14.0. The summed E-state index contributed by atoms with van der Waals surface area (Å²) in [5.41, 5.74) is 16.0. The molecule has 4 rings (SSSR count). The van der Waals surface area contributed by atoms with Crippen LogP contribution >= 0.6 is 51.4 Å². The highest BCUT2D eigenvalue weighted by Crippen LogP contribution is 2.63. The monoisotopic (exact) mass is 501 g/mol. The van der Waals surface area contributed by atoms with Crippen LogP contribution in [0.1, 0.15) is 38.9 Å². The van der Waals surface area contributed by atoms with Gasteiger partial charge in [0.05, 0.1) is 5.69 Å². The van der Waals surface area contributed by atoms with Gasteiger partial charge in [0.15, 0.2) is 0 Å². The number of nitrogens with zero attached hydrogens (tertiary/aromatic N) is 1. The van der Waals surface area contributed by atoms with Crippen molar-refractivity contribution in [2.24, 2.45) is 0 Å². The molecule has 1 fully saturated rings. The fourth-order valence-corrected chi connectivity index (χ4v) is 14.2. The van der Waals surface area contributed by atoms with E-state index in [2.05, 4.69) is 88.6 Å². The van der Waals surface area contributed by atoms with Crippen molar-refractivity contribution in [3.8, 4) is 22.3 Å². The summed E-state index contributed by atoms with van der Waals surface area (Å²) in [7, 11) is 9.15. The van der Waals surface area contributed by atoms with E-state index in [1.807, 2.05) is 51.4 Å². The lowest BCUT2D eigenvalue weighted by molar-refractivity contribution is 1.30. The summed E-state index contributed by atoms with van der Waals surface area (Å²) >= 11 is 0. The van der Waals surface area contributed by atoms with Gasteiger partial charge in [-0.25, -0.2) is 3.71 Å². The van der Waals surface area contributed by atoms with Crippen LogP contribution in [0.15, 0.2) is 36.4 Å². The molecule has 1 saturated heterocycles. The van der Waals surface area contributed by atoms with Crippen LogP contribution in [-0.4, -0.2) is 0 Å². The van der Waals surface area contributed by atoms with E-state index in [-0.39, 0.29) is 0 Å². The van der Waals surface area contributed by atoms with Gasteiger partial charge in [-0.15, -0.1) is 0 Å². The third kappa shape index (κ3) is 4.79. The van der Waals surface area contributed by atoms with Crippen LogP contribution in [0.5, 0.6) is 0 Å². The van der Waals surface area contributed by atoms with E-state index in [9.17, 15) is 0 Å². The Kier molecular flexibility index (Phi) is 7.24. The summed E-state index contributed by atoms with van der Waals surface area (Å²) in [4.78, 5) is 0. The Morgan fingerprint density at radius 3 is 1.23 bits per heavy atom. The first-order valence-electron chi connectivity index (χ1n) is 10.2. The van der Waals surface area contributed by atoms with Crippen LogP contribution in [0.3, 0.4) is 0 Å². The van der Waals surface area contributed by atoms with Gasteiger partial charge in [0.25, 0.3) is 0 Å². The van der Waals surface area contributed by atoms with Crippen molar-refractivity contribution in [2.45, 2.75) is 48.5 Å². The number of benzene rings is 3. The lowest BCUT2D eigenvalue weighted by Gasteiger charge is -2.30. The number of hydrogen-bond donors (Lipinski definition) is 0. The quantitative estimate of drug-likeness (QED) is 0.257. The fourth-order valence-electron chi connectivity index (χ4n) is 4.74. The van der Waals surface area contributed by atoms with Crippen LogP contribution in [0.2, 0.25) is 0 Å². The summed E-state index contributed by atoms with van der Waals surface area (Å²) in [6.45, 7) is 15.6. The van der Waals surface area contributed by atoms with Gasteiger partial charge in [-0.2, -0.15) is 0 Å². The molecule has 0 atom stereocenters. The summed E-state index contributed by atoms with van der Waals surface area (Å²) in [5.74, 6) is 0. The zero-order valence-corrected chi connectivity index (χ0v) is 23.0. The molecule has 0 bridgehead atoms. The molecule has 3 aromatic carbocycles. The molecule has 31 heavy (non-hydrogen) atoms. The Morgan fingerprint density at radius 1 is 0.484 bits per heavy atom. The highest BCUT2D eigenvalue weighted by atomic mass is 33.8. The van der Waals surface area contributed by atoms with Crippen LogP contribution in [0.25, 0.3) is 22.3 Å². The van der Waals surface area contributed by atoms with E-state index in [0.29, 0.717) is 0 Å². The van der Waals surface area contributed by atoms with Gasteiger partial charge in [0, 0.05) is 62.6 Å². The minimum absolute atomic E-state index is 1.30. The zero-order chi connectivity index (χ0) is 22.3. The van der Waals surface area contributed by atoms with E-state index in [1.165, 1.54) is 66.9 Å². The van der Waals surface area contributed by atoms with Crippen LogP contribution < -0.4 is 3.71 Å².